The average Bonchev–Trinajstić information content (AvgIpc) is 2.23. The summed E-state index contributed by atoms with van der Waals surface area (Å²) in [5.41, 5.74) is 5.02. The van der Waals surface area contributed by atoms with E-state index in [-0.39, 0.29) is 0 Å². The van der Waals surface area contributed by atoms with Gasteiger partial charge in [0.15, 0.2) is 0 Å². The Kier molecular flexibility index (Phi) is 4.17. The molecule has 80 valence electrons. The van der Waals surface area contributed by atoms with Gasteiger partial charge in [-0.3, -0.25) is 0 Å². The van der Waals surface area contributed by atoms with Crippen molar-refractivity contribution in [1.82, 2.24) is 0 Å². The van der Waals surface area contributed by atoms with Crippen LogP contribution in [0.3, 0.4) is 0 Å². The second-order valence-corrected chi connectivity index (χ2v) is 3.58. The molecule has 0 amide bonds. The van der Waals surface area contributed by atoms with Crippen molar-refractivity contribution >= 4 is 11.8 Å². The number of allylic oxidation sites excluding steroid dienone is 1. The van der Waals surface area contributed by atoms with Crippen molar-refractivity contribution in [1.29, 1.82) is 0 Å². The van der Waals surface area contributed by atoms with Gasteiger partial charge in [-0.2, -0.15) is 0 Å². The van der Waals surface area contributed by atoms with Gasteiger partial charge in [-0.05, 0) is 49.2 Å². The number of benzene rings is 1. The summed E-state index contributed by atoms with van der Waals surface area (Å²) in [5.74, 6) is 0. The molecule has 0 aliphatic heterocycles. The first-order chi connectivity index (χ1) is 7.22. The minimum atomic E-state index is 1.07. The molecule has 0 unspecified atom stereocenters. The molecule has 0 bridgehead atoms. The summed E-state index contributed by atoms with van der Waals surface area (Å²) in [5, 5.41) is 3.19. The molecule has 0 saturated carbocycles. The third-order valence-corrected chi connectivity index (χ3v) is 2.43. The summed E-state index contributed by atoms with van der Waals surface area (Å²) < 4.78 is 0. The Labute approximate surface area is 92.5 Å². The Hall–Kier alpha value is -1.50. The van der Waals surface area contributed by atoms with Crippen LogP contribution in [0, 0.1) is 6.92 Å². The van der Waals surface area contributed by atoms with Gasteiger partial charge in [0, 0.05) is 5.69 Å². The standard InChI is InChI=1S/C14H19N/c1-5-8-13-10-12(6-2)9-11(4)14(13)15-7-3/h5,7-10,15H,3,6H2,1-2,4H3/b8-5-. The molecule has 1 nitrogen and oxygen atoms in total. The molecule has 0 radical (unpaired) electrons. The van der Waals surface area contributed by atoms with E-state index in [1.165, 1.54) is 16.7 Å². The van der Waals surface area contributed by atoms with Crippen molar-refractivity contribution in [3.05, 3.63) is 47.7 Å². The smallest absolute Gasteiger partial charge is 0.0482 e. The van der Waals surface area contributed by atoms with Gasteiger partial charge < -0.3 is 5.32 Å². The van der Waals surface area contributed by atoms with E-state index in [2.05, 4.69) is 50.0 Å². The average molecular weight is 201 g/mol. The minimum Gasteiger partial charge on any atom is -0.362 e. The number of hydrogen-bond donors (Lipinski definition) is 1. The zero-order valence-corrected chi connectivity index (χ0v) is 9.80. The van der Waals surface area contributed by atoms with E-state index in [4.69, 9.17) is 0 Å². The highest BCUT2D eigenvalue weighted by Crippen LogP contribution is 2.24. The van der Waals surface area contributed by atoms with Crippen molar-refractivity contribution in [3.8, 4) is 0 Å². The molecule has 1 heteroatoms. The molecular weight excluding hydrogens is 182 g/mol. The van der Waals surface area contributed by atoms with Crippen LogP contribution in [0.25, 0.3) is 6.08 Å². The number of anilines is 1. The van der Waals surface area contributed by atoms with Gasteiger partial charge in [0.2, 0.25) is 0 Å². The van der Waals surface area contributed by atoms with E-state index in [1.54, 1.807) is 6.20 Å². The van der Waals surface area contributed by atoms with Crippen LogP contribution < -0.4 is 5.32 Å². The number of rotatable bonds is 4. The molecule has 1 rings (SSSR count). The van der Waals surface area contributed by atoms with Crippen molar-refractivity contribution < 1.29 is 0 Å². The quantitative estimate of drug-likeness (QED) is 0.771. The predicted molar refractivity (Wildman–Crippen MR) is 69.1 cm³/mol. The van der Waals surface area contributed by atoms with Gasteiger partial charge >= 0.3 is 0 Å². The highest BCUT2D eigenvalue weighted by molar-refractivity contribution is 5.71. The Morgan fingerprint density at radius 1 is 1.40 bits per heavy atom. The van der Waals surface area contributed by atoms with Crippen LogP contribution in [-0.4, -0.2) is 0 Å². The molecule has 1 aromatic carbocycles. The van der Waals surface area contributed by atoms with E-state index < -0.39 is 0 Å². The first kappa shape index (κ1) is 11.6. The first-order valence-electron chi connectivity index (χ1n) is 5.36. The zero-order chi connectivity index (χ0) is 11.3. The van der Waals surface area contributed by atoms with Crippen LogP contribution in [0.15, 0.2) is 31.0 Å². The second-order valence-electron chi connectivity index (χ2n) is 3.58. The highest BCUT2D eigenvalue weighted by atomic mass is 14.8. The van der Waals surface area contributed by atoms with Crippen LogP contribution in [0.5, 0.6) is 0 Å². The fourth-order valence-electron chi connectivity index (χ4n) is 1.71. The Morgan fingerprint density at radius 3 is 2.67 bits per heavy atom. The Bertz CT molecular complexity index is 375. The van der Waals surface area contributed by atoms with Crippen molar-refractivity contribution in [2.45, 2.75) is 27.2 Å². The molecular formula is C14H19N. The van der Waals surface area contributed by atoms with Crippen LogP contribution in [-0.2, 0) is 6.42 Å². The second kappa shape index (κ2) is 5.40. The van der Waals surface area contributed by atoms with Crippen LogP contribution in [0.1, 0.15) is 30.5 Å². The lowest BCUT2D eigenvalue weighted by Crippen LogP contribution is -1.96. The van der Waals surface area contributed by atoms with Crippen molar-refractivity contribution in [2.24, 2.45) is 0 Å². The van der Waals surface area contributed by atoms with E-state index in [9.17, 15) is 0 Å². The van der Waals surface area contributed by atoms with Crippen molar-refractivity contribution in [3.63, 3.8) is 0 Å². The summed E-state index contributed by atoms with van der Waals surface area (Å²) in [6.45, 7) is 10.0. The third kappa shape index (κ3) is 2.72. The maximum atomic E-state index is 3.71. The van der Waals surface area contributed by atoms with Crippen LogP contribution in [0.4, 0.5) is 5.69 Å². The van der Waals surface area contributed by atoms with Gasteiger partial charge in [-0.15, -0.1) is 0 Å². The van der Waals surface area contributed by atoms with E-state index >= 15 is 0 Å². The Morgan fingerprint density at radius 2 is 2.13 bits per heavy atom. The molecule has 0 saturated heterocycles. The zero-order valence-electron chi connectivity index (χ0n) is 9.80. The fourth-order valence-corrected chi connectivity index (χ4v) is 1.71. The predicted octanol–water partition coefficient (Wildman–Crippen LogP) is 4.15. The van der Waals surface area contributed by atoms with E-state index in [1.807, 2.05) is 6.92 Å². The van der Waals surface area contributed by atoms with Gasteiger partial charge in [0.05, 0.1) is 0 Å². The minimum absolute atomic E-state index is 1.07. The van der Waals surface area contributed by atoms with Gasteiger partial charge in [-0.25, -0.2) is 0 Å². The summed E-state index contributed by atoms with van der Waals surface area (Å²) >= 11 is 0. The molecule has 0 atom stereocenters. The van der Waals surface area contributed by atoms with E-state index in [0.29, 0.717) is 0 Å². The topological polar surface area (TPSA) is 12.0 Å². The normalized spacial score (nSPS) is 10.6. The highest BCUT2D eigenvalue weighted by Gasteiger charge is 2.03. The number of hydrogen-bond acceptors (Lipinski definition) is 1. The largest absolute Gasteiger partial charge is 0.362 e. The maximum absolute atomic E-state index is 3.71. The van der Waals surface area contributed by atoms with Gasteiger partial charge in [-0.1, -0.05) is 31.7 Å². The molecule has 0 aliphatic rings. The molecule has 0 aromatic heterocycles. The molecule has 1 aromatic rings. The summed E-state index contributed by atoms with van der Waals surface area (Å²) in [6, 6.07) is 4.44. The van der Waals surface area contributed by atoms with Gasteiger partial charge in [0.1, 0.15) is 0 Å². The molecule has 0 heterocycles. The summed E-state index contributed by atoms with van der Waals surface area (Å²) in [4.78, 5) is 0. The lowest BCUT2D eigenvalue weighted by atomic mass is 10.0. The SMILES string of the molecule is C=CNc1c(C)cc(CC)cc1/C=C\C. The van der Waals surface area contributed by atoms with Crippen molar-refractivity contribution in [2.75, 3.05) is 5.32 Å². The van der Waals surface area contributed by atoms with Gasteiger partial charge in [0.25, 0.3) is 0 Å². The molecule has 15 heavy (non-hydrogen) atoms. The lowest BCUT2D eigenvalue weighted by molar-refractivity contribution is 1.13. The maximum Gasteiger partial charge on any atom is 0.0482 e. The summed E-state index contributed by atoms with van der Waals surface area (Å²) in [6.07, 6.45) is 6.97. The summed E-state index contributed by atoms with van der Waals surface area (Å²) in [7, 11) is 0. The fraction of sp³-hybridized carbons (Fsp3) is 0.286. The first-order valence-corrected chi connectivity index (χ1v) is 5.36. The molecule has 1 N–H and O–H groups in total. The van der Waals surface area contributed by atoms with E-state index in [0.717, 1.165) is 12.1 Å². The monoisotopic (exact) mass is 201 g/mol. The third-order valence-electron chi connectivity index (χ3n) is 2.43. The van der Waals surface area contributed by atoms with Crippen LogP contribution >= 0.6 is 0 Å². The number of nitrogens with one attached hydrogen (secondary N) is 1. The Balaban J connectivity index is 3.27. The van der Waals surface area contributed by atoms with Crippen LogP contribution in [0.2, 0.25) is 0 Å². The molecule has 0 aliphatic carbocycles. The molecule has 0 spiro atoms. The number of aryl methyl sites for hydroxylation is 2. The lowest BCUT2D eigenvalue weighted by Gasteiger charge is -2.12. The molecule has 0 fully saturated rings.